The fraction of sp³-hybridized carbons (Fsp3) is 1.00. The molecule has 3 N–H and O–H groups in total. The van der Waals surface area contributed by atoms with Crippen LogP contribution >= 0.6 is 7.82 Å². The van der Waals surface area contributed by atoms with Gasteiger partial charge < -0.3 is 15.1 Å². The highest BCUT2D eigenvalue weighted by Gasteiger charge is 2.11. The number of hydrogen-bond donors (Lipinski definition) is 3. The summed E-state index contributed by atoms with van der Waals surface area (Å²) in [6.45, 7) is 0.783. The number of nitrogens with one attached hydrogen (secondary N) is 1. The summed E-state index contributed by atoms with van der Waals surface area (Å²) in [4.78, 5) is 16.4. The van der Waals surface area contributed by atoms with Gasteiger partial charge in [-0.2, -0.15) is 0 Å². The van der Waals surface area contributed by atoms with Crippen LogP contribution in [0.15, 0.2) is 0 Å². The topological polar surface area (TPSA) is 78.8 Å². The van der Waals surface area contributed by atoms with Gasteiger partial charge in [0.2, 0.25) is 0 Å². The highest BCUT2D eigenvalue weighted by Crippen LogP contribution is 2.35. The molecular formula is C4H12NO4P. The van der Waals surface area contributed by atoms with Crippen LogP contribution < -0.4 is 5.32 Å². The quantitative estimate of drug-likeness (QED) is 0.389. The second-order valence-corrected chi connectivity index (χ2v) is 3.02. The molecule has 0 aliphatic heterocycles. The van der Waals surface area contributed by atoms with Crippen LogP contribution in [0.4, 0.5) is 0 Å². The number of phosphoric ester groups is 1. The van der Waals surface area contributed by atoms with Gasteiger partial charge in [0.05, 0.1) is 6.61 Å². The molecule has 0 fully saturated rings. The van der Waals surface area contributed by atoms with Crippen LogP contribution in [0, 0.1) is 0 Å². The molecule has 5 nitrogen and oxygen atoms in total. The van der Waals surface area contributed by atoms with Gasteiger partial charge in [0, 0.05) is 0 Å². The molecule has 0 unspecified atom stereocenters. The van der Waals surface area contributed by atoms with E-state index in [-0.39, 0.29) is 6.61 Å². The summed E-state index contributed by atoms with van der Waals surface area (Å²) in [5.41, 5.74) is 0. The molecule has 0 saturated carbocycles. The molecule has 0 aromatic rings. The SMILES string of the molecule is CNCCCOP(=O)(O)O. The van der Waals surface area contributed by atoms with Gasteiger partial charge >= 0.3 is 7.82 Å². The average Bonchev–Trinajstić information content (AvgIpc) is 1.78. The maximum absolute atomic E-state index is 10.0. The predicted molar refractivity (Wildman–Crippen MR) is 36.5 cm³/mol. The van der Waals surface area contributed by atoms with Gasteiger partial charge in [-0.1, -0.05) is 0 Å². The van der Waals surface area contributed by atoms with Crippen molar-refractivity contribution in [3.8, 4) is 0 Å². The van der Waals surface area contributed by atoms with Gasteiger partial charge in [-0.15, -0.1) is 0 Å². The lowest BCUT2D eigenvalue weighted by Crippen LogP contribution is -2.09. The summed E-state index contributed by atoms with van der Waals surface area (Å²) in [6, 6.07) is 0. The van der Waals surface area contributed by atoms with Gasteiger partial charge in [0.1, 0.15) is 0 Å². The van der Waals surface area contributed by atoms with Gasteiger partial charge in [-0.25, -0.2) is 4.57 Å². The Hall–Kier alpha value is 0.0700. The zero-order chi connectivity index (χ0) is 8.04. The molecule has 0 atom stereocenters. The average molecular weight is 169 g/mol. The summed E-state index contributed by atoms with van der Waals surface area (Å²) in [5.74, 6) is 0. The van der Waals surface area contributed by atoms with E-state index in [4.69, 9.17) is 9.79 Å². The third kappa shape index (κ3) is 8.07. The van der Waals surface area contributed by atoms with E-state index in [0.717, 1.165) is 0 Å². The number of phosphoric acid groups is 1. The third-order valence-corrected chi connectivity index (χ3v) is 1.35. The number of rotatable bonds is 5. The predicted octanol–water partition coefficient (Wildman–Crippen LogP) is -0.295. The van der Waals surface area contributed by atoms with Crippen molar-refractivity contribution in [2.75, 3.05) is 20.2 Å². The molecule has 6 heteroatoms. The fourth-order valence-corrected chi connectivity index (χ4v) is 0.799. The Kier molecular flexibility index (Phi) is 4.85. The first-order valence-corrected chi connectivity index (χ1v) is 4.44. The molecule has 0 aliphatic carbocycles. The first-order chi connectivity index (χ1) is 4.56. The fourth-order valence-electron chi connectivity index (χ4n) is 0.432. The third-order valence-electron chi connectivity index (χ3n) is 0.831. The Labute approximate surface area is 59.6 Å². The van der Waals surface area contributed by atoms with Crippen molar-refractivity contribution in [2.24, 2.45) is 0 Å². The van der Waals surface area contributed by atoms with Crippen LogP contribution in [-0.4, -0.2) is 30.0 Å². The molecule has 10 heavy (non-hydrogen) atoms. The summed E-state index contributed by atoms with van der Waals surface area (Å²) in [5, 5.41) is 2.82. The van der Waals surface area contributed by atoms with E-state index in [1.54, 1.807) is 7.05 Å². The van der Waals surface area contributed by atoms with Crippen LogP contribution in [0.3, 0.4) is 0 Å². The first-order valence-electron chi connectivity index (χ1n) is 2.91. The van der Waals surface area contributed by atoms with Gasteiger partial charge in [-0.3, -0.25) is 4.52 Å². The molecule has 0 aromatic carbocycles. The minimum atomic E-state index is -4.23. The number of hydrogen-bond acceptors (Lipinski definition) is 3. The molecule has 0 saturated heterocycles. The standard InChI is InChI=1S/C4H12NO4P/c1-5-3-2-4-9-10(6,7)8/h5H,2-4H2,1H3,(H2,6,7,8). The lowest BCUT2D eigenvalue weighted by molar-refractivity contribution is 0.195. The van der Waals surface area contributed by atoms with Gasteiger partial charge in [0.25, 0.3) is 0 Å². The lowest BCUT2D eigenvalue weighted by atomic mass is 10.5. The zero-order valence-corrected chi connectivity index (χ0v) is 6.67. The monoisotopic (exact) mass is 169 g/mol. The largest absolute Gasteiger partial charge is 0.469 e. The second kappa shape index (κ2) is 4.82. The summed E-state index contributed by atoms with van der Waals surface area (Å²) in [6.07, 6.45) is 0.599. The van der Waals surface area contributed by atoms with Crippen molar-refractivity contribution in [3.63, 3.8) is 0 Å². The molecule has 0 amide bonds. The van der Waals surface area contributed by atoms with Crippen molar-refractivity contribution in [1.29, 1.82) is 0 Å². The minimum Gasteiger partial charge on any atom is -0.320 e. The van der Waals surface area contributed by atoms with Crippen molar-refractivity contribution in [3.05, 3.63) is 0 Å². The van der Waals surface area contributed by atoms with Crippen LogP contribution in [0.1, 0.15) is 6.42 Å². The van der Waals surface area contributed by atoms with Gasteiger partial charge in [0.15, 0.2) is 0 Å². The Morgan fingerprint density at radius 1 is 1.60 bits per heavy atom. The van der Waals surface area contributed by atoms with Crippen molar-refractivity contribution < 1.29 is 18.9 Å². The summed E-state index contributed by atoms with van der Waals surface area (Å²) < 4.78 is 14.2. The Balaban J connectivity index is 3.13. The second-order valence-electron chi connectivity index (χ2n) is 1.78. The first kappa shape index (κ1) is 10.1. The Morgan fingerprint density at radius 3 is 2.60 bits per heavy atom. The maximum atomic E-state index is 10.0. The lowest BCUT2D eigenvalue weighted by Gasteiger charge is -2.03. The van der Waals surface area contributed by atoms with Crippen molar-refractivity contribution >= 4 is 7.82 Å². The zero-order valence-electron chi connectivity index (χ0n) is 5.78. The van der Waals surface area contributed by atoms with Crippen LogP contribution in [0.25, 0.3) is 0 Å². The Morgan fingerprint density at radius 2 is 2.20 bits per heavy atom. The summed E-state index contributed by atoms with van der Waals surface area (Å²) in [7, 11) is -2.47. The molecule has 0 rings (SSSR count). The van der Waals surface area contributed by atoms with E-state index in [1.165, 1.54) is 0 Å². The normalized spacial score (nSPS) is 11.9. The van der Waals surface area contributed by atoms with E-state index in [2.05, 4.69) is 9.84 Å². The van der Waals surface area contributed by atoms with E-state index < -0.39 is 7.82 Å². The molecule has 0 bridgehead atoms. The molecule has 0 aliphatic rings. The molecule has 0 radical (unpaired) electrons. The van der Waals surface area contributed by atoms with Crippen LogP contribution in [-0.2, 0) is 9.09 Å². The minimum absolute atomic E-state index is 0.0884. The van der Waals surface area contributed by atoms with E-state index in [0.29, 0.717) is 13.0 Å². The molecular weight excluding hydrogens is 157 g/mol. The summed E-state index contributed by atoms with van der Waals surface area (Å²) >= 11 is 0. The van der Waals surface area contributed by atoms with Crippen LogP contribution in [0.2, 0.25) is 0 Å². The molecule has 0 aromatic heterocycles. The van der Waals surface area contributed by atoms with Gasteiger partial charge in [-0.05, 0) is 20.0 Å². The van der Waals surface area contributed by atoms with E-state index in [1.807, 2.05) is 0 Å². The van der Waals surface area contributed by atoms with Crippen molar-refractivity contribution in [2.45, 2.75) is 6.42 Å². The molecule has 0 spiro atoms. The van der Waals surface area contributed by atoms with Crippen LogP contribution in [0.5, 0.6) is 0 Å². The maximum Gasteiger partial charge on any atom is 0.469 e. The van der Waals surface area contributed by atoms with Crippen molar-refractivity contribution in [1.82, 2.24) is 5.32 Å². The highest BCUT2D eigenvalue weighted by molar-refractivity contribution is 7.46. The molecule has 62 valence electrons. The van der Waals surface area contributed by atoms with E-state index >= 15 is 0 Å². The highest BCUT2D eigenvalue weighted by atomic mass is 31.2. The van der Waals surface area contributed by atoms with E-state index in [9.17, 15) is 4.57 Å². The Bertz CT molecular complexity index is 122. The smallest absolute Gasteiger partial charge is 0.320 e. The molecule has 0 heterocycles.